The molecule has 4 heteroatoms. The monoisotopic (exact) mass is 291 g/mol. The van der Waals surface area contributed by atoms with Crippen LogP contribution in [0.5, 0.6) is 0 Å². The average Bonchev–Trinajstić information content (AvgIpc) is 2.74. The summed E-state index contributed by atoms with van der Waals surface area (Å²) in [5.41, 5.74) is 2.19. The molecule has 0 aliphatic carbocycles. The molecule has 0 radical (unpaired) electrons. The van der Waals surface area contributed by atoms with Crippen molar-refractivity contribution in [2.45, 2.75) is 18.9 Å². The Balaban J connectivity index is 2.18. The second kappa shape index (κ2) is 4.35. The number of likely N-dealkylation sites (tertiary alicyclic amines) is 1. The zero-order chi connectivity index (χ0) is 11.8. The quantitative estimate of drug-likeness (QED) is 0.808. The smallest absolute Gasteiger partial charge is 0.116 e. The highest BCUT2D eigenvalue weighted by Gasteiger charge is 2.25. The molecule has 1 aliphatic heterocycles. The molecule has 0 spiro atoms. The number of fused-ring (bicyclic) bond motifs is 1. The van der Waals surface area contributed by atoms with E-state index in [1.54, 1.807) is 6.33 Å². The van der Waals surface area contributed by atoms with E-state index in [2.05, 4.69) is 43.9 Å². The largest absolute Gasteiger partial charge is 0.298 e. The van der Waals surface area contributed by atoms with Crippen molar-refractivity contribution < 1.29 is 0 Å². The fraction of sp³-hybridized carbons (Fsp3) is 0.385. The Kier molecular flexibility index (Phi) is 2.84. The molecule has 0 amide bonds. The van der Waals surface area contributed by atoms with Gasteiger partial charge >= 0.3 is 0 Å². The molecule has 2 heterocycles. The van der Waals surface area contributed by atoms with Gasteiger partial charge in [0.2, 0.25) is 0 Å². The predicted molar refractivity (Wildman–Crippen MR) is 71.8 cm³/mol. The van der Waals surface area contributed by atoms with Gasteiger partial charge in [-0.15, -0.1) is 0 Å². The van der Waals surface area contributed by atoms with E-state index >= 15 is 0 Å². The van der Waals surface area contributed by atoms with Crippen molar-refractivity contribution in [1.29, 1.82) is 0 Å². The highest BCUT2D eigenvalue weighted by molar-refractivity contribution is 9.10. The summed E-state index contributed by atoms with van der Waals surface area (Å²) in [6.07, 6.45) is 4.12. The van der Waals surface area contributed by atoms with Crippen molar-refractivity contribution in [1.82, 2.24) is 14.9 Å². The van der Waals surface area contributed by atoms with Crippen LogP contribution in [0.3, 0.4) is 0 Å². The number of nitrogens with zero attached hydrogens (tertiary/aromatic N) is 3. The van der Waals surface area contributed by atoms with Gasteiger partial charge in [0.15, 0.2) is 0 Å². The summed E-state index contributed by atoms with van der Waals surface area (Å²) < 4.78 is 1.08. The predicted octanol–water partition coefficient (Wildman–Crippen LogP) is 3.16. The van der Waals surface area contributed by atoms with Crippen LogP contribution >= 0.6 is 15.9 Å². The second-order valence-corrected chi connectivity index (χ2v) is 5.47. The highest BCUT2D eigenvalue weighted by Crippen LogP contribution is 2.33. The highest BCUT2D eigenvalue weighted by atomic mass is 79.9. The molecule has 1 fully saturated rings. The van der Waals surface area contributed by atoms with Crippen LogP contribution in [0, 0.1) is 0 Å². The van der Waals surface area contributed by atoms with E-state index in [4.69, 9.17) is 0 Å². The lowest BCUT2D eigenvalue weighted by Gasteiger charge is -2.19. The summed E-state index contributed by atoms with van der Waals surface area (Å²) in [6.45, 7) is 1.16. The fourth-order valence-electron chi connectivity index (χ4n) is 2.57. The molecule has 2 aromatic rings. The Morgan fingerprint density at radius 1 is 1.35 bits per heavy atom. The van der Waals surface area contributed by atoms with Gasteiger partial charge < -0.3 is 0 Å². The zero-order valence-electron chi connectivity index (χ0n) is 9.73. The number of halogens is 1. The topological polar surface area (TPSA) is 29.0 Å². The van der Waals surface area contributed by atoms with Crippen LogP contribution in [0.15, 0.2) is 29.0 Å². The van der Waals surface area contributed by atoms with Crippen LogP contribution in [0.25, 0.3) is 10.9 Å². The first-order chi connectivity index (χ1) is 8.25. The molecule has 1 atom stereocenters. The van der Waals surface area contributed by atoms with E-state index in [1.807, 2.05) is 12.1 Å². The molecular formula is C13H14BrN3. The van der Waals surface area contributed by atoms with Gasteiger partial charge in [-0.3, -0.25) is 4.90 Å². The fourth-order valence-corrected chi connectivity index (χ4v) is 2.93. The Morgan fingerprint density at radius 2 is 2.24 bits per heavy atom. The molecule has 0 bridgehead atoms. The van der Waals surface area contributed by atoms with E-state index < -0.39 is 0 Å². The zero-order valence-corrected chi connectivity index (χ0v) is 11.3. The van der Waals surface area contributed by atoms with Crippen LogP contribution in [0.2, 0.25) is 0 Å². The minimum absolute atomic E-state index is 0.440. The molecule has 3 nitrogen and oxygen atoms in total. The van der Waals surface area contributed by atoms with Gasteiger partial charge in [-0.1, -0.05) is 15.9 Å². The van der Waals surface area contributed by atoms with Crippen LogP contribution in [0.4, 0.5) is 0 Å². The lowest BCUT2D eigenvalue weighted by Crippen LogP contribution is -2.18. The molecule has 88 valence electrons. The number of benzene rings is 1. The van der Waals surface area contributed by atoms with Crippen molar-refractivity contribution in [2.24, 2.45) is 0 Å². The van der Waals surface area contributed by atoms with Crippen molar-refractivity contribution in [3.05, 3.63) is 34.7 Å². The van der Waals surface area contributed by atoms with Crippen LogP contribution in [0.1, 0.15) is 24.6 Å². The number of rotatable bonds is 1. The van der Waals surface area contributed by atoms with Crippen LogP contribution in [-0.4, -0.2) is 28.5 Å². The van der Waals surface area contributed by atoms with E-state index in [9.17, 15) is 0 Å². The summed E-state index contributed by atoms with van der Waals surface area (Å²) in [5.74, 6) is 0. The number of hydrogen-bond acceptors (Lipinski definition) is 3. The summed E-state index contributed by atoms with van der Waals surface area (Å²) in [5, 5.41) is 1.17. The third kappa shape index (κ3) is 1.96. The summed E-state index contributed by atoms with van der Waals surface area (Å²) in [4.78, 5) is 11.2. The molecule has 1 aliphatic rings. The summed E-state index contributed by atoms with van der Waals surface area (Å²) >= 11 is 3.52. The summed E-state index contributed by atoms with van der Waals surface area (Å²) in [6, 6.07) is 6.63. The number of hydrogen-bond donors (Lipinski definition) is 0. The van der Waals surface area contributed by atoms with Gasteiger partial charge in [-0.25, -0.2) is 9.97 Å². The van der Waals surface area contributed by atoms with Crippen molar-refractivity contribution in [3.8, 4) is 0 Å². The first-order valence-corrected chi connectivity index (χ1v) is 6.65. The Hall–Kier alpha value is -1.000. The molecule has 1 unspecified atom stereocenters. The molecular weight excluding hydrogens is 278 g/mol. The van der Waals surface area contributed by atoms with Crippen LogP contribution in [-0.2, 0) is 0 Å². The standard InChI is InChI=1S/C13H14BrN3/c1-17-6-2-3-12(17)13-10-7-9(14)4-5-11(10)15-8-16-13/h4-5,7-8,12H,2-3,6H2,1H3. The van der Waals surface area contributed by atoms with E-state index in [0.29, 0.717) is 6.04 Å². The minimum Gasteiger partial charge on any atom is -0.298 e. The molecule has 3 rings (SSSR count). The van der Waals surface area contributed by atoms with Crippen molar-refractivity contribution >= 4 is 26.8 Å². The minimum atomic E-state index is 0.440. The van der Waals surface area contributed by atoms with Crippen molar-refractivity contribution in [3.63, 3.8) is 0 Å². The summed E-state index contributed by atoms with van der Waals surface area (Å²) in [7, 11) is 2.17. The molecule has 0 saturated carbocycles. The lowest BCUT2D eigenvalue weighted by molar-refractivity contribution is 0.313. The van der Waals surface area contributed by atoms with Gasteiger partial charge in [0.1, 0.15) is 6.33 Å². The molecule has 1 aromatic carbocycles. The van der Waals surface area contributed by atoms with E-state index in [-0.39, 0.29) is 0 Å². The Labute approximate surface area is 109 Å². The normalized spacial score (nSPS) is 21.2. The average molecular weight is 292 g/mol. The van der Waals surface area contributed by atoms with Gasteiger partial charge in [0.05, 0.1) is 17.3 Å². The maximum Gasteiger partial charge on any atom is 0.116 e. The van der Waals surface area contributed by atoms with E-state index in [1.165, 1.54) is 18.2 Å². The third-order valence-electron chi connectivity index (χ3n) is 3.46. The van der Waals surface area contributed by atoms with Gasteiger partial charge in [-0.2, -0.15) is 0 Å². The van der Waals surface area contributed by atoms with Gasteiger partial charge in [0, 0.05) is 9.86 Å². The van der Waals surface area contributed by atoms with E-state index in [0.717, 1.165) is 22.2 Å². The maximum atomic E-state index is 4.51. The first-order valence-electron chi connectivity index (χ1n) is 5.86. The third-order valence-corrected chi connectivity index (χ3v) is 3.96. The molecule has 1 saturated heterocycles. The molecule has 0 N–H and O–H groups in total. The van der Waals surface area contributed by atoms with Gasteiger partial charge in [-0.05, 0) is 44.6 Å². The first kappa shape index (κ1) is 11.1. The molecule has 1 aromatic heterocycles. The molecule has 17 heavy (non-hydrogen) atoms. The Bertz CT molecular complexity index is 555. The maximum absolute atomic E-state index is 4.51. The Morgan fingerprint density at radius 3 is 3.00 bits per heavy atom. The number of aromatic nitrogens is 2. The SMILES string of the molecule is CN1CCCC1c1ncnc2ccc(Br)cc12. The van der Waals surface area contributed by atoms with Crippen molar-refractivity contribution in [2.75, 3.05) is 13.6 Å². The van der Waals surface area contributed by atoms with Gasteiger partial charge in [0.25, 0.3) is 0 Å². The second-order valence-electron chi connectivity index (χ2n) is 4.56. The van der Waals surface area contributed by atoms with Crippen LogP contribution < -0.4 is 0 Å². The lowest BCUT2D eigenvalue weighted by atomic mass is 10.1.